The fourth-order valence-corrected chi connectivity index (χ4v) is 1.83. The minimum Gasteiger partial charge on any atom is -0.403 e. The van der Waals surface area contributed by atoms with Crippen LogP contribution >= 0.6 is 0 Å². The van der Waals surface area contributed by atoms with Gasteiger partial charge in [-0.15, -0.1) is 0 Å². The second-order valence-corrected chi connectivity index (χ2v) is 6.27. The predicted octanol–water partition coefficient (Wildman–Crippen LogP) is 4.15. The van der Waals surface area contributed by atoms with Crippen LogP contribution in [0, 0.1) is 0 Å². The number of rotatable bonds is 4. The maximum absolute atomic E-state index is 13.4. The molecular weight excluding hydrogens is 263 g/mol. The first kappa shape index (κ1) is 16.8. The Morgan fingerprint density at radius 3 is 1.74 bits per heavy atom. The summed E-state index contributed by atoms with van der Waals surface area (Å²) in [6.07, 6.45) is -5.10. The van der Waals surface area contributed by atoms with E-state index in [0.717, 1.165) is 0 Å². The normalized spacial score (nSPS) is 25.4. The molecule has 1 saturated heterocycles. The Balaban J connectivity index is 2.45. The van der Waals surface area contributed by atoms with Crippen molar-refractivity contribution in [1.82, 2.24) is 0 Å². The molecule has 112 valence electrons. The molecule has 0 N–H and O–H groups in total. The maximum Gasteiger partial charge on any atom is 0.457 e. The highest BCUT2D eigenvalue weighted by atomic mass is 19.4. The van der Waals surface area contributed by atoms with E-state index in [1.807, 2.05) is 27.7 Å². The largest absolute Gasteiger partial charge is 0.457 e. The Morgan fingerprint density at radius 2 is 1.37 bits per heavy atom. The van der Waals surface area contributed by atoms with Crippen molar-refractivity contribution in [2.45, 2.75) is 76.8 Å². The molecule has 0 bridgehead atoms. The van der Waals surface area contributed by atoms with Crippen LogP contribution in [0.4, 0.5) is 17.6 Å². The standard InChI is InChI=1S/C12H21BF4O2/c1-9(2)10(3,4)19-13(18-9)8-6-7-11(5,14)12(15,16)17/h6-8H2,1-5H3. The monoisotopic (exact) mass is 284 g/mol. The minimum atomic E-state index is -4.83. The molecule has 1 rings (SSSR count). The highest BCUT2D eigenvalue weighted by Crippen LogP contribution is 2.40. The van der Waals surface area contributed by atoms with E-state index in [-0.39, 0.29) is 12.7 Å². The van der Waals surface area contributed by atoms with E-state index < -0.39 is 36.6 Å². The number of halogens is 4. The summed E-state index contributed by atoms with van der Waals surface area (Å²) in [6, 6.07) is 0. The second-order valence-electron chi connectivity index (χ2n) is 6.27. The van der Waals surface area contributed by atoms with E-state index in [1.54, 1.807) is 0 Å². The zero-order valence-corrected chi connectivity index (χ0v) is 12.0. The highest BCUT2D eigenvalue weighted by molar-refractivity contribution is 6.45. The van der Waals surface area contributed by atoms with E-state index >= 15 is 0 Å². The van der Waals surface area contributed by atoms with E-state index in [4.69, 9.17) is 9.31 Å². The summed E-state index contributed by atoms with van der Waals surface area (Å²) >= 11 is 0. The lowest BCUT2D eigenvalue weighted by atomic mass is 9.80. The molecule has 1 fully saturated rings. The molecule has 7 heteroatoms. The smallest absolute Gasteiger partial charge is 0.403 e. The van der Waals surface area contributed by atoms with Gasteiger partial charge in [-0.05, 0) is 47.4 Å². The summed E-state index contributed by atoms with van der Waals surface area (Å²) in [5.74, 6) is 0. The van der Waals surface area contributed by atoms with Crippen LogP contribution in [-0.4, -0.2) is 30.2 Å². The van der Waals surface area contributed by atoms with E-state index in [1.165, 1.54) is 0 Å². The Bertz CT molecular complexity index is 310. The lowest BCUT2D eigenvalue weighted by Gasteiger charge is -2.32. The van der Waals surface area contributed by atoms with Gasteiger partial charge in [-0.25, -0.2) is 4.39 Å². The van der Waals surface area contributed by atoms with Crippen LogP contribution in [0.3, 0.4) is 0 Å². The number of hydrogen-bond donors (Lipinski definition) is 0. The van der Waals surface area contributed by atoms with Crippen molar-refractivity contribution in [2.24, 2.45) is 0 Å². The predicted molar refractivity (Wildman–Crippen MR) is 65.7 cm³/mol. The first-order valence-corrected chi connectivity index (χ1v) is 6.40. The van der Waals surface area contributed by atoms with Crippen molar-refractivity contribution < 1.29 is 26.9 Å². The summed E-state index contributed by atoms with van der Waals surface area (Å²) in [5, 5.41) is 0. The van der Waals surface area contributed by atoms with Crippen molar-refractivity contribution in [2.75, 3.05) is 0 Å². The third-order valence-corrected chi connectivity index (χ3v) is 3.98. The number of alkyl halides is 4. The minimum absolute atomic E-state index is 0.0589. The quantitative estimate of drug-likeness (QED) is 0.570. The van der Waals surface area contributed by atoms with Crippen molar-refractivity contribution in [3.8, 4) is 0 Å². The molecule has 0 spiro atoms. The summed E-state index contributed by atoms with van der Waals surface area (Å²) in [7, 11) is -0.575. The molecule has 0 radical (unpaired) electrons. The third kappa shape index (κ3) is 3.63. The van der Waals surface area contributed by atoms with Crippen molar-refractivity contribution in [3.63, 3.8) is 0 Å². The lowest BCUT2D eigenvalue weighted by Crippen LogP contribution is -2.41. The molecule has 1 aliphatic heterocycles. The molecule has 1 aliphatic rings. The van der Waals surface area contributed by atoms with Crippen LogP contribution in [0.1, 0.15) is 47.5 Å². The first-order chi connectivity index (χ1) is 8.29. The molecule has 2 nitrogen and oxygen atoms in total. The van der Waals surface area contributed by atoms with Gasteiger partial charge in [0, 0.05) is 0 Å². The van der Waals surface area contributed by atoms with Gasteiger partial charge in [0.2, 0.25) is 5.67 Å². The lowest BCUT2D eigenvalue weighted by molar-refractivity contribution is -0.225. The van der Waals surface area contributed by atoms with Gasteiger partial charge in [0.25, 0.3) is 0 Å². The van der Waals surface area contributed by atoms with Gasteiger partial charge in [-0.3, -0.25) is 0 Å². The summed E-state index contributed by atoms with van der Waals surface area (Å²) < 4.78 is 61.7. The van der Waals surface area contributed by atoms with Gasteiger partial charge < -0.3 is 9.31 Å². The Morgan fingerprint density at radius 1 is 0.947 bits per heavy atom. The van der Waals surface area contributed by atoms with E-state index in [2.05, 4.69) is 0 Å². The zero-order valence-electron chi connectivity index (χ0n) is 12.0. The van der Waals surface area contributed by atoms with Crippen LogP contribution in [0.5, 0.6) is 0 Å². The Hall–Kier alpha value is -0.295. The summed E-state index contributed by atoms with van der Waals surface area (Å²) in [4.78, 5) is 0. The van der Waals surface area contributed by atoms with Gasteiger partial charge in [0.1, 0.15) is 0 Å². The highest BCUT2D eigenvalue weighted by Gasteiger charge is 2.53. The average molecular weight is 284 g/mol. The third-order valence-electron chi connectivity index (χ3n) is 3.98. The fraction of sp³-hybridized carbons (Fsp3) is 1.00. The van der Waals surface area contributed by atoms with Crippen LogP contribution in [0.15, 0.2) is 0 Å². The van der Waals surface area contributed by atoms with E-state index in [0.29, 0.717) is 6.92 Å². The van der Waals surface area contributed by atoms with Gasteiger partial charge in [-0.1, -0.05) is 6.42 Å². The van der Waals surface area contributed by atoms with Gasteiger partial charge in [0.15, 0.2) is 0 Å². The SMILES string of the molecule is CC(F)(CCCB1OC(C)(C)C(C)(C)O1)C(F)(F)F. The number of hydrogen-bond acceptors (Lipinski definition) is 2. The molecule has 0 aromatic rings. The molecule has 1 unspecified atom stereocenters. The van der Waals surface area contributed by atoms with Gasteiger partial charge in [-0.2, -0.15) is 13.2 Å². The van der Waals surface area contributed by atoms with Gasteiger partial charge in [0.05, 0.1) is 11.2 Å². The molecular formula is C12H21BF4O2. The molecule has 19 heavy (non-hydrogen) atoms. The average Bonchev–Trinajstić information content (AvgIpc) is 2.32. The fourth-order valence-electron chi connectivity index (χ4n) is 1.83. The molecule has 1 heterocycles. The topological polar surface area (TPSA) is 18.5 Å². The Labute approximate surface area is 112 Å². The van der Waals surface area contributed by atoms with Crippen LogP contribution in [0.2, 0.25) is 6.32 Å². The molecule has 1 atom stereocenters. The zero-order chi connectivity index (χ0) is 15.1. The van der Waals surface area contributed by atoms with Crippen molar-refractivity contribution in [3.05, 3.63) is 0 Å². The van der Waals surface area contributed by atoms with Crippen molar-refractivity contribution in [1.29, 1.82) is 0 Å². The van der Waals surface area contributed by atoms with Gasteiger partial charge >= 0.3 is 13.3 Å². The molecule has 0 amide bonds. The van der Waals surface area contributed by atoms with E-state index in [9.17, 15) is 17.6 Å². The molecule has 0 aromatic heterocycles. The first-order valence-electron chi connectivity index (χ1n) is 6.40. The molecule has 0 aromatic carbocycles. The molecule has 0 aliphatic carbocycles. The second kappa shape index (κ2) is 4.92. The van der Waals surface area contributed by atoms with Crippen LogP contribution in [-0.2, 0) is 9.31 Å². The van der Waals surface area contributed by atoms with Crippen molar-refractivity contribution >= 4 is 7.12 Å². The van der Waals surface area contributed by atoms with Crippen LogP contribution in [0.25, 0.3) is 0 Å². The Kier molecular flexibility index (Phi) is 4.34. The maximum atomic E-state index is 13.4. The molecule has 0 saturated carbocycles. The summed E-state index contributed by atoms with van der Waals surface area (Å²) in [5.41, 5.74) is -4.18. The summed E-state index contributed by atoms with van der Waals surface area (Å²) in [6.45, 7) is 8.02. The van der Waals surface area contributed by atoms with Crippen LogP contribution < -0.4 is 0 Å².